The summed E-state index contributed by atoms with van der Waals surface area (Å²) in [5.74, 6) is -1.01. The lowest BCUT2D eigenvalue weighted by atomic mass is 10.2. The summed E-state index contributed by atoms with van der Waals surface area (Å²) in [6, 6.07) is 0.258. The first-order valence-electron chi connectivity index (χ1n) is 5.73. The van der Waals surface area contributed by atoms with Crippen LogP contribution >= 0.6 is 11.6 Å². The predicted octanol–water partition coefficient (Wildman–Crippen LogP) is 2.56. The van der Waals surface area contributed by atoms with Crippen molar-refractivity contribution in [2.24, 2.45) is 5.73 Å². The van der Waals surface area contributed by atoms with Gasteiger partial charge in [-0.1, -0.05) is 11.6 Å². The van der Waals surface area contributed by atoms with Crippen LogP contribution in [0.5, 0.6) is 0 Å². The fourth-order valence-corrected chi connectivity index (χ4v) is 3.14. The lowest BCUT2D eigenvalue weighted by molar-refractivity contribution is -0.137. The third kappa shape index (κ3) is 5.10. The van der Waals surface area contributed by atoms with Crippen LogP contribution in [0.1, 0.15) is 18.9 Å². The molecule has 1 atom stereocenters. The second-order valence-corrected chi connectivity index (χ2v) is 6.52. The van der Waals surface area contributed by atoms with Crippen LogP contribution in [0.4, 0.5) is 17.6 Å². The molecule has 0 bridgehead atoms. The van der Waals surface area contributed by atoms with E-state index in [1.807, 2.05) is 4.72 Å². The predicted molar refractivity (Wildman–Crippen MR) is 69.8 cm³/mol. The van der Waals surface area contributed by atoms with Crippen molar-refractivity contribution < 1.29 is 26.0 Å². The van der Waals surface area contributed by atoms with Gasteiger partial charge in [-0.3, -0.25) is 0 Å². The number of halogens is 5. The minimum absolute atomic E-state index is 0.0421. The van der Waals surface area contributed by atoms with Crippen LogP contribution in [-0.4, -0.2) is 20.6 Å². The molecule has 120 valence electrons. The Morgan fingerprint density at radius 2 is 1.95 bits per heavy atom. The van der Waals surface area contributed by atoms with E-state index >= 15 is 0 Å². The topological polar surface area (TPSA) is 72.2 Å². The zero-order valence-corrected chi connectivity index (χ0v) is 12.4. The Hall–Kier alpha value is -0.900. The smallest absolute Gasteiger partial charge is 0.326 e. The highest BCUT2D eigenvalue weighted by molar-refractivity contribution is 7.89. The van der Waals surface area contributed by atoms with Crippen molar-refractivity contribution in [1.82, 2.24) is 4.72 Å². The summed E-state index contributed by atoms with van der Waals surface area (Å²) in [5, 5.41) is -0.320. The van der Waals surface area contributed by atoms with Gasteiger partial charge in [0, 0.05) is 12.6 Å². The summed E-state index contributed by atoms with van der Waals surface area (Å²) < 4.78 is 75.8. The molecule has 0 aromatic heterocycles. The average molecular weight is 349 g/mol. The fourth-order valence-electron chi connectivity index (χ4n) is 1.64. The van der Waals surface area contributed by atoms with Crippen LogP contribution in [0.3, 0.4) is 0 Å². The Labute approximate surface area is 124 Å². The van der Waals surface area contributed by atoms with Gasteiger partial charge in [-0.2, -0.15) is 13.2 Å². The number of alkyl halides is 3. The van der Waals surface area contributed by atoms with Crippen LogP contribution < -0.4 is 10.5 Å². The Morgan fingerprint density at radius 1 is 1.38 bits per heavy atom. The first-order valence-corrected chi connectivity index (χ1v) is 7.59. The van der Waals surface area contributed by atoms with E-state index in [0.29, 0.717) is 6.07 Å². The Bertz CT molecular complexity index is 619. The Morgan fingerprint density at radius 3 is 2.43 bits per heavy atom. The van der Waals surface area contributed by atoms with E-state index < -0.39 is 39.4 Å². The second kappa shape index (κ2) is 6.47. The zero-order valence-electron chi connectivity index (χ0n) is 10.8. The molecule has 0 aliphatic heterocycles. The van der Waals surface area contributed by atoms with Crippen molar-refractivity contribution in [3.8, 4) is 0 Å². The van der Waals surface area contributed by atoms with E-state index in [1.54, 1.807) is 0 Å². The lowest BCUT2D eigenvalue weighted by Gasteiger charge is -2.16. The third-order valence-electron chi connectivity index (χ3n) is 2.50. The third-order valence-corrected chi connectivity index (χ3v) is 4.49. The molecular formula is C11H13ClF4N2O2S. The van der Waals surface area contributed by atoms with Crippen molar-refractivity contribution in [3.05, 3.63) is 28.5 Å². The largest absolute Gasteiger partial charge is 0.390 e. The molecule has 10 heteroatoms. The molecule has 1 unspecified atom stereocenters. The molecule has 0 amide bonds. The standard InChI is InChI=1S/C11H13ClF4N2O2S/c1-6(4-11(14,15)16)18-21(19,20)8-2-7(5-17)10(12)9(13)3-8/h2-3,6,18H,4-5,17H2,1H3. The molecule has 21 heavy (non-hydrogen) atoms. The summed E-state index contributed by atoms with van der Waals surface area (Å²) in [5.41, 5.74) is 5.34. The summed E-state index contributed by atoms with van der Waals surface area (Å²) in [7, 11) is -4.31. The monoisotopic (exact) mass is 348 g/mol. The average Bonchev–Trinajstić information content (AvgIpc) is 2.28. The molecule has 1 aromatic carbocycles. The molecule has 0 heterocycles. The van der Waals surface area contributed by atoms with Crippen molar-refractivity contribution in [1.29, 1.82) is 0 Å². The Kier molecular flexibility index (Phi) is 5.59. The van der Waals surface area contributed by atoms with Crippen LogP contribution in [0.25, 0.3) is 0 Å². The van der Waals surface area contributed by atoms with Crippen LogP contribution in [-0.2, 0) is 16.6 Å². The quantitative estimate of drug-likeness (QED) is 0.803. The lowest BCUT2D eigenvalue weighted by Crippen LogP contribution is -2.36. The van der Waals surface area contributed by atoms with Gasteiger partial charge < -0.3 is 5.73 Å². The van der Waals surface area contributed by atoms with Crippen molar-refractivity contribution in [3.63, 3.8) is 0 Å². The minimum atomic E-state index is -4.52. The molecule has 0 aliphatic rings. The molecule has 4 nitrogen and oxygen atoms in total. The number of benzene rings is 1. The molecule has 0 spiro atoms. The van der Waals surface area contributed by atoms with Gasteiger partial charge in [0.2, 0.25) is 10.0 Å². The van der Waals surface area contributed by atoms with Gasteiger partial charge >= 0.3 is 6.18 Å². The maximum absolute atomic E-state index is 13.5. The fraction of sp³-hybridized carbons (Fsp3) is 0.455. The summed E-state index contributed by atoms with van der Waals surface area (Å²) >= 11 is 5.59. The first-order chi connectivity index (χ1) is 9.46. The SMILES string of the molecule is CC(CC(F)(F)F)NS(=O)(=O)c1cc(F)c(Cl)c(CN)c1. The molecule has 3 N–H and O–H groups in total. The van der Waals surface area contributed by atoms with Crippen LogP contribution in [0.15, 0.2) is 17.0 Å². The molecule has 1 rings (SSSR count). The molecule has 0 aliphatic carbocycles. The van der Waals surface area contributed by atoms with E-state index in [-0.39, 0.29) is 17.1 Å². The van der Waals surface area contributed by atoms with Crippen molar-refractivity contribution in [2.75, 3.05) is 0 Å². The van der Waals surface area contributed by atoms with Gasteiger partial charge in [-0.15, -0.1) is 0 Å². The van der Waals surface area contributed by atoms with E-state index in [0.717, 1.165) is 13.0 Å². The number of nitrogens with one attached hydrogen (secondary N) is 1. The zero-order chi connectivity index (χ0) is 16.4. The van der Waals surface area contributed by atoms with E-state index in [9.17, 15) is 26.0 Å². The van der Waals surface area contributed by atoms with Gasteiger partial charge in [0.25, 0.3) is 0 Å². The first kappa shape index (κ1) is 18.1. The van der Waals surface area contributed by atoms with Crippen molar-refractivity contribution >= 4 is 21.6 Å². The van der Waals surface area contributed by atoms with Gasteiger partial charge in [0.05, 0.1) is 16.3 Å². The molecule has 0 fully saturated rings. The van der Waals surface area contributed by atoms with Gasteiger partial charge in [-0.05, 0) is 24.6 Å². The number of sulfonamides is 1. The maximum Gasteiger partial charge on any atom is 0.390 e. The summed E-state index contributed by atoms with van der Waals surface area (Å²) in [4.78, 5) is -0.529. The van der Waals surface area contributed by atoms with E-state index in [2.05, 4.69) is 0 Å². The number of nitrogens with two attached hydrogens (primary N) is 1. The minimum Gasteiger partial charge on any atom is -0.326 e. The molecule has 0 saturated carbocycles. The van der Waals surface area contributed by atoms with Gasteiger partial charge in [0.15, 0.2) is 0 Å². The second-order valence-electron chi connectivity index (χ2n) is 4.42. The molecule has 0 saturated heterocycles. The number of rotatable bonds is 5. The molecule has 0 radical (unpaired) electrons. The summed E-state index contributed by atoms with van der Waals surface area (Å²) in [6.07, 6.45) is -5.86. The highest BCUT2D eigenvalue weighted by Gasteiger charge is 2.32. The van der Waals surface area contributed by atoms with Crippen LogP contribution in [0.2, 0.25) is 5.02 Å². The maximum atomic E-state index is 13.5. The molecular weight excluding hydrogens is 336 g/mol. The van der Waals surface area contributed by atoms with E-state index in [4.69, 9.17) is 17.3 Å². The number of hydrogen-bond acceptors (Lipinski definition) is 3. The summed E-state index contributed by atoms with van der Waals surface area (Å²) in [6.45, 7) is 0.846. The highest BCUT2D eigenvalue weighted by atomic mass is 35.5. The highest BCUT2D eigenvalue weighted by Crippen LogP contribution is 2.25. The molecule has 1 aromatic rings. The van der Waals surface area contributed by atoms with E-state index in [1.165, 1.54) is 0 Å². The van der Waals surface area contributed by atoms with Gasteiger partial charge in [-0.25, -0.2) is 17.5 Å². The van der Waals surface area contributed by atoms with Gasteiger partial charge in [0.1, 0.15) is 5.82 Å². The number of hydrogen-bond donors (Lipinski definition) is 2. The van der Waals surface area contributed by atoms with Crippen molar-refractivity contribution in [2.45, 2.75) is 37.0 Å². The Balaban J connectivity index is 3.06. The normalized spacial score (nSPS) is 14.2. The van der Waals surface area contributed by atoms with Crippen LogP contribution in [0, 0.1) is 5.82 Å².